The van der Waals surface area contributed by atoms with Gasteiger partial charge in [-0.25, -0.2) is 18.4 Å². The van der Waals surface area contributed by atoms with E-state index in [1.165, 1.54) is 0 Å². The molecule has 0 aliphatic carbocycles. The van der Waals surface area contributed by atoms with Crippen LogP contribution >= 0.6 is 0 Å². The van der Waals surface area contributed by atoms with E-state index in [0.717, 1.165) is 5.56 Å². The highest BCUT2D eigenvalue weighted by atomic mass is 32.2. The average Bonchev–Trinajstić information content (AvgIpc) is 3.15. The van der Waals surface area contributed by atoms with E-state index in [1.54, 1.807) is 31.0 Å². The van der Waals surface area contributed by atoms with Crippen LogP contribution in [0.1, 0.15) is 44.3 Å². The predicted octanol–water partition coefficient (Wildman–Crippen LogP) is 2.92. The normalized spacial score (nSPS) is 17.1. The molecule has 2 aromatic heterocycles. The van der Waals surface area contributed by atoms with Crippen molar-refractivity contribution < 1.29 is 22.6 Å². The van der Waals surface area contributed by atoms with Crippen molar-refractivity contribution in [3.05, 3.63) is 48.0 Å². The van der Waals surface area contributed by atoms with Crippen LogP contribution in [-0.4, -0.2) is 64.8 Å². The number of benzene rings is 1. The molecule has 1 N–H and O–H groups in total. The van der Waals surface area contributed by atoms with Gasteiger partial charge in [0.1, 0.15) is 23.7 Å². The van der Waals surface area contributed by atoms with Crippen molar-refractivity contribution in [2.24, 2.45) is 0 Å². The zero-order valence-corrected chi connectivity index (χ0v) is 21.2. The Morgan fingerprint density at radius 2 is 1.89 bits per heavy atom. The average molecular weight is 503 g/mol. The summed E-state index contributed by atoms with van der Waals surface area (Å²) < 4.78 is 48.7. The number of rotatable bonds is 9. The van der Waals surface area contributed by atoms with Crippen LogP contribution in [0.2, 0.25) is 0 Å². The Balaban J connectivity index is 1.70. The van der Waals surface area contributed by atoms with Crippen molar-refractivity contribution >= 4 is 16.0 Å². The van der Waals surface area contributed by atoms with Crippen LogP contribution in [0.3, 0.4) is 0 Å². The van der Waals surface area contributed by atoms with Gasteiger partial charge < -0.3 is 14.2 Å². The molecule has 12 heteroatoms. The Kier molecular flexibility index (Phi) is 7.33. The molecule has 0 saturated carbocycles. The van der Waals surface area contributed by atoms with Gasteiger partial charge in [0, 0.05) is 19.5 Å². The number of aryl methyl sites for hydroxylation is 1. The highest BCUT2D eigenvalue weighted by molar-refractivity contribution is 7.93. The van der Waals surface area contributed by atoms with Gasteiger partial charge in [-0.05, 0) is 45.4 Å². The van der Waals surface area contributed by atoms with E-state index in [0.29, 0.717) is 23.0 Å². The first kappa shape index (κ1) is 25.0. The number of sulfonamides is 1. The summed E-state index contributed by atoms with van der Waals surface area (Å²) in [5.74, 6) is 1.50. The summed E-state index contributed by atoms with van der Waals surface area (Å²) in [5.41, 5.74) is 1.58. The molecular weight excluding hydrogens is 472 g/mol. The lowest BCUT2D eigenvalue weighted by molar-refractivity contribution is 0.00152. The van der Waals surface area contributed by atoms with Crippen LogP contribution in [0, 0.1) is 6.92 Å². The lowest BCUT2D eigenvalue weighted by Gasteiger charge is -2.26. The van der Waals surface area contributed by atoms with Crippen molar-refractivity contribution in [1.82, 2.24) is 24.7 Å². The summed E-state index contributed by atoms with van der Waals surface area (Å²) in [5, 5.41) is 7.44. The van der Waals surface area contributed by atoms with E-state index in [4.69, 9.17) is 14.2 Å². The van der Waals surface area contributed by atoms with E-state index in [-0.39, 0.29) is 31.3 Å². The first-order chi connectivity index (χ1) is 16.7. The second-order valence-corrected chi connectivity index (χ2v) is 10.7. The lowest BCUT2D eigenvalue weighted by Crippen LogP contribution is -2.35. The molecule has 11 nitrogen and oxygen atoms in total. The molecule has 35 heavy (non-hydrogen) atoms. The summed E-state index contributed by atoms with van der Waals surface area (Å²) in [6, 6.07) is 7.06. The van der Waals surface area contributed by atoms with E-state index < -0.39 is 21.4 Å². The maximum atomic E-state index is 13.6. The predicted molar refractivity (Wildman–Crippen MR) is 130 cm³/mol. The van der Waals surface area contributed by atoms with Gasteiger partial charge in [0.05, 0.1) is 24.3 Å². The molecule has 3 heterocycles. The second kappa shape index (κ2) is 10.3. The number of hydrogen-bond donors (Lipinski definition) is 1. The number of para-hydroxylation sites is 1. The monoisotopic (exact) mass is 502 g/mol. The summed E-state index contributed by atoms with van der Waals surface area (Å²) in [7, 11) is -2.43. The Morgan fingerprint density at radius 3 is 2.57 bits per heavy atom. The lowest BCUT2D eigenvalue weighted by atomic mass is 10.2. The van der Waals surface area contributed by atoms with Gasteiger partial charge >= 0.3 is 0 Å². The number of aromatic nitrogens is 5. The van der Waals surface area contributed by atoms with Crippen LogP contribution in [0.15, 0.2) is 36.7 Å². The molecule has 2 unspecified atom stereocenters. The maximum Gasteiger partial charge on any atom is 0.240 e. The largest absolute Gasteiger partial charge is 0.491 e. The summed E-state index contributed by atoms with van der Waals surface area (Å²) in [6.07, 6.45) is 2.14. The van der Waals surface area contributed by atoms with Crippen LogP contribution in [-0.2, 0) is 19.5 Å². The molecule has 0 bridgehead atoms. The fourth-order valence-electron chi connectivity index (χ4n) is 3.85. The first-order valence-corrected chi connectivity index (χ1v) is 12.9. The zero-order valence-electron chi connectivity index (χ0n) is 20.4. The fraction of sp³-hybridized carbons (Fsp3) is 0.478. The zero-order chi connectivity index (χ0) is 25.2. The number of anilines is 1. The van der Waals surface area contributed by atoms with Crippen LogP contribution in [0.25, 0.3) is 11.4 Å². The highest BCUT2D eigenvalue weighted by Gasteiger charge is 2.36. The van der Waals surface area contributed by atoms with Crippen molar-refractivity contribution in [1.29, 1.82) is 0 Å². The van der Waals surface area contributed by atoms with Gasteiger partial charge in [-0.15, -0.1) is 10.2 Å². The Labute approximate surface area is 204 Å². The van der Waals surface area contributed by atoms with Gasteiger partial charge in [-0.3, -0.25) is 9.29 Å². The third-order valence-corrected chi connectivity index (χ3v) is 7.30. The molecule has 0 saturated heterocycles. The van der Waals surface area contributed by atoms with Crippen molar-refractivity contribution in [2.45, 2.75) is 51.2 Å². The third-order valence-electron chi connectivity index (χ3n) is 5.60. The quantitative estimate of drug-likeness (QED) is 0.469. The van der Waals surface area contributed by atoms with Crippen LogP contribution in [0.4, 0.5) is 5.95 Å². The molecule has 1 aliphatic heterocycles. The molecular formula is C23H30N6O5S. The first-order valence-electron chi connectivity index (χ1n) is 11.3. The SMILES string of the molecule is COC[C@@H]1COc2ccccc2-c2nnc(NS(=O)(=O)C(C)C(OC(C)C)c3ncc(C)cn3)n21. The molecule has 0 fully saturated rings. The molecule has 0 amide bonds. The van der Waals surface area contributed by atoms with E-state index in [2.05, 4.69) is 24.9 Å². The molecule has 3 atom stereocenters. The Hall–Kier alpha value is -3.09. The number of nitrogens with one attached hydrogen (secondary N) is 1. The number of hydrogen-bond acceptors (Lipinski definition) is 9. The molecule has 1 aromatic carbocycles. The highest BCUT2D eigenvalue weighted by Crippen LogP contribution is 2.36. The fourth-order valence-corrected chi connectivity index (χ4v) is 4.94. The number of nitrogens with zero attached hydrogens (tertiary/aromatic N) is 5. The Morgan fingerprint density at radius 1 is 1.17 bits per heavy atom. The maximum absolute atomic E-state index is 13.6. The summed E-state index contributed by atoms with van der Waals surface area (Å²) in [6.45, 7) is 7.62. The van der Waals surface area contributed by atoms with E-state index in [1.807, 2.05) is 45.0 Å². The molecule has 4 rings (SSSR count). The third kappa shape index (κ3) is 5.29. The molecule has 0 spiro atoms. The minimum Gasteiger partial charge on any atom is -0.491 e. The van der Waals surface area contributed by atoms with E-state index in [9.17, 15) is 8.42 Å². The number of ether oxygens (including phenoxy) is 3. The van der Waals surface area contributed by atoms with Crippen molar-refractivity contribution in [2.75, 3.05) is 25.0 Å². The van der Waals surface area contributed by atoms with E-state index >= 15 is 0 Å². The number of methoxy groups -OCH3 is 1. The van der Waals surface area contributed by atoms with Gasteiger partial charge in [-0.1, -0.05) is 12.1 Å². The van der Waals surface area contributed by atoms with Gasteiger partial charge in [0.15, 0.2) is 11.6 Å². The minimum atomic E-state index is -4.01. The van der Waals surface area contributed by atoms with Crippen molar-refractivity contribution in [3.8, 4) is 17.1 Å². The molecule has 1 aliphatic rings. The smallest absolute Gasteiger partial charge is 0.240 e. The summed E-state index contributed by atoms with van der Waals surface area (Å²) >= 11 is 0. The minimum absolute atomic E-state index is 0.0716. The molecule has 0 radical (unpaired) electrons. The topological polar surface area (TPSA) is 130 Å². The van der Waals surface area contributed by atoms with Gasteiger partial charge in [-0.2, -0.15) is 0 Å². The molecule has 3 aromatic rings. The molecule has 188 valence electrons. The van der Waals surface area contributed by atoms with Gasteiger partial charge in [0.25, 0.3) is 0 Å². The van der Waals surface area contributed by atoms with Crippen molar-refractivity contribution in [3.63, 3.8) is 0 Å². The van der Waals surface area contributed by atoms with Crippen LogP contribution in [0.5, 0.6) is 5.75 Å². The van der Waals surface area contributed by atoms with Gasteiger partial charge in [0.2, 0.25) is 16.0 Å². The summed E-state index contributed by atoms with van der Waals surface area (Å²) in [4.78, 5) is 8.63. The Bertz CT molecular complexity index is 1260. The number of fused-ring (bicyclic) bond motifs is 3. The van der Waals surface area contributed by atoms with Crippen LogP contribution < -0.4 is 9.46 Å². The standard InChI is InChI=1S/C23H30N6O5S/c1-14(2)34-20(21-24-10-15(3)11-25-21)16(4)35(30,31)28-23-27-26-22-18-8-6-7-9-19(18)33-13-17(12-32-5)29(22)23/h6-11,14,16-17,20H,12-13H2,1-5H3,(H,27,28)/t16?,17-,20?/m1/s1. The second-order valence-electron chi connectivity index (χ2n) is 8.71.